The standard InChI is InChI=1S/C22H22ClN3O2S/c1-26-18(9-12-25-26)15-5-7-16(8-6-15)29-19-4-2-3-17(20(19)23)22(21(24)27)10-13-28-14-11-22/h2-9,12H,10-11,13-14H2,1H3,(H2,24,27). The Kier molecular flexibility index (Phi) is 5.67. The predicted molar refractivity (Wildman–Crippen MR) is 115 cm³/mol. The van der Waals surface area contributed by atoms with Crippen molar-refractivity contribution in [2.75, 3.05) is 13.2 Å². The highest BCUT2D eigenvalue weighted by atomic mass is 35.5. The Morgan fingerprint density at radius 3 is 2.52 bits per heavy atom. The van der Waals surface area contributed by atoms with Crippen LogP contribution < -0.4 is 5.73 Å². The molecule has 5 nitrogen and oxygen atoms in total. The van der Waals surface area contributed by atoms with Crippen LogP contribution >= 0.6 is 23.4 Å². The fourth-order valence-corrected chi connectivity index (χ4v) is 5.10. The number of benzene rings is 2. The zero-order valence-electron chi connectivity index (χ0n) is 16.1. The van der Waals surface area contributed by atoms with E-state index in [1.807, 2.05) is 36.0 Å². The van der Waals surface area contributed by atoms with Crippen LogP contribution in [0.4, 0.5) is 0 Å². The average Bonchev–Trinajstić information content (AvgIpc) is 3.16. The van der Waals surface area contributed by atoms with Crippen LogP contribution in [0, 0.1) is 0 Å². The molecule has 1 aliphatic heterocycles. The number of nitrogens with zero attached hydrogens (tertiary/aromatic N) is 2. The van der Waals surface area contributed by atoms with Gasteiger partial charge in [-0.15, -0.1) is 0 Å². The van der Waals surface area contributed by atoms with Gasteiger partial charge in [0.1, 0.15) is 0 Å². The summed E-state index contributed by atoms with van der Waals surface area (Å²) in [4.78, 5) is 14.3. The highest BCUT2D eigenvalue weighted by molar-refractivity contribution is 7.99. The van der Waals surface area contributed by atoms with Crippen LogP contribution in [0.3, 0.4) is 0 Å². The Bertz CT molecular complexity index is 1030. The van der Waals surface area contributed by atoms with E-state index in [-0.39, 0.29) is 5.91 Å². The molecule has 7 heteroatoms. The molecule has 2 aromatic carbocycles. The SMILES string of the molecule is Cn1nccc1-c1ccc(Sc2cccc(C3(C(N)=O)CCOCC3)c2Cl)cc1. The van der Waals surface area contributed by atoms with E-state index in [4.69, 9.17) is 22.1 Å². The number of carbonyl (C=O) groups is 1. The second kappa shape index (κ2) is 8.22. The molecule has 3 aromatic rings. The number of ether oxygens (including phenoxy) is 1. The van der Waals surface area contributed by atoms with E-state index in [0.717, 1.165) is 26.6 Å². The van der Waals surface area contributed by atoms with Gasteiger partial charge in [-0.3, -0.25) is 9.48 Å². The molecule has 1 aromatic heterocycles. The van der Waals surface area contributed by atoms with E-state index >= 15 is 0 Å². The van der Waals surface area contributed by atoms with Crippen molar-refractivity contribution in [2.24, 2.45) is 12.8 Å². The van der Waals surface area contributed by atoms with Crippen LogP contribution in [0.1, 0.15) is 18.4 Å². The number of hydrogen-bond acceptors (Lipinski definition) is 4. The van der Waals surface area contributed by atoms with Crippen molar-refractivity contribution in [3.05, 3.63) is 65.3 Å². The summed E-state index contributed by atoms with van der Waals surface area (Å²) >= 11 is 8.35. The topological polar surface area (TPSA) is 70.1 Å². The zero-order valence-corrected chi connectivity index (χ0v) is 17.7. The Labute approximate surface area is 179 Å². The molecule has 0 saturated carbocycles. The molecule has 1 amide bonds. The first-order valence-electron chi connectivity index (χ1n) is 9.44. The molecule has 4 rings (SSSR count). The molecule has 2 heterocycles. The van der Waals surface area contributed by atoms with Gasteiger partial charge in [-0.2, -0.15) is 5.10 Å². The largest absolute Gasteiger partial charge is 0.381 e. The van der Waals surface area contributed by atoms with Gasteiger partial charge in [-0.25, -0.2) is 0 Å². The number of aryl methyl sites for hydroxylation is 1. The van der Waals surface area contributed by atoms with Gasteiger partial charge in [0.25, 0.3) is 0 Å². The molecule has 0 bridgehead atoms. The number of halogens is 1. The number of aromatic nitrogens is 2. The van der Waals surface area contributed by atoms with Crippen LogP contribution in [0.25, 0.3) is 11.3 Å². The van der Waals surface area contributed by atoms with Gasteiger partial charge >= 0.3 is 0 Å². The van der Waals surface area contributed by atoms with E-state index in [9.17, 15) is 4.79 Å². The number of nitrogens with two attached hydrogens (primary N) is 1. The lowest BCUT2D eigenvalue weighted by Gasteiger charge is -2.35. The van der Waals surface area contributed by atoms with E-state index in [1.165, 1.54) is 0 Å². The summed E-state index contributed by atoms with van der Waals surface area (Å²) < 4.78 is 7.30. The zero-order chi connectivity index (χ0) is 20.4. The summed E-state index contributed by atoms with van der Waals surface area (Å²) in [7, 11) is 1.92. The first kappa shape index (κ1) is 20.0. The number of primary amides is 1. The second-order valence-electron chi connectivity index (χ2n) is 7.14. The third-order valence-electron chi connectivity index (χ3n) is 5.50. The molecule has 150 valence electrons. The number of rotatable bonds is 5. The van der Waals surface area contributed by atoms with E-state index in [2.05, 4.69) is 29.4 Å². The summed E-state index contributed by atoms with van der Waals surface area (Å²) in [5, 5.41) is 4.81. The van der Waals surface area contributed by atoms with Gasteiger partial charge < -0.3 is 10.5 Å². The molecule has 2 N–H and O–H groups in total. The number of amides is 1. The van der Waals surface area contributed by atoms with Gasteiger partial charge in [-0.1, -0.05) is 47.6 Å². The Morgan fingerprint density at radius 2 is 1.90 bits per heavy atom. The maximum Gasteiger partial charge on any atom is 0.228 e. The summed E-state index contributed by atoms with van der Waals surface area (Å²) in [6, 6.07) is 16.1. The average molecular weight is 428 g/mol. The van der Waals surface area contributed by atoms with Gasteiger partial charge in [0.05, 0.1) is 16.1 Å². The highest BCUT2D eigenvalue weighted by Crippen LogP contribution is 2.43. The minimum absolute atomic E-state index is 0.342. The Balaban J connectivity index is 1.62. The molecule has 1 saturated heterocycles. The maximum absolute atomic E-state index is 12.4. The third kappa shape index (κ3) is 3.80. The monoisotopic (exact) mass is 427 g/mol. The third-order valence-corrected chi connectivity index (χ3v) is 7.08. The molecule has 0 atom stereocenters. The van der Waals surface area contributed by atoms with Gasteiger partial charge in [0.15, 0.2) is 0 Å². The summed E-state index contributed by atoms with van der Waals surface area (Å²) in [5.74, 6) is -0.342. The fourth-order valence-electron chi connectivity index (χ4n) is 3.81. The predicted octanol–water partition coefficient (Wildman–Crippen LogP) is 4.43. The van der Waals surface area contributed by atoms with Crippen molar-refractivity contribution in [2.45, 2.75) is 28.0 Å². The first-order valence-corrected chi connectivity index (χ1v) is 10.6. The number of carbonyl (C=O) groups excluding carboxylic acids is 1. The molecule has 0 unspecified atom stereocenters. The van der Waals surface area contributed by atoms with Crippen molar-refractivity contribution >= 4 is 29.3 Å². The summed E-state index contributed by atoms with van der Waals surface area (Å²) in [6.45, 7) is 1.01. The van der Waals surface area contributed by atoms with Gasteiger partial charge in [0.2, 0.25) is 5.91 Å². The highest BCUT2D eigenvalue weighted by Gasteiger charge is 2.42. The van der Waals surface area contributed by atoms with Crippen molar-refractivity contribution in [1.29, 1.82) is 0 Å². The quantitative estimate of drug-likeness (QED) is 0.654. The summed E-state index contributed by atoms with van der Waals surface area (Å²) in [6.07, 6.45) is 2.89. The lowest BCUT2D eigenvalue weighted by molar-refractivity contribution is -0.127. The molecule has 0 radical (unpaired) electrons. The fraction of sp³-hybridized carbons (Fsp3) is 0.273. The van der Waals surface area contributed by atoms with E-state index < -0.39 is 5.41 Å². The minimum atomic E-state index is -0.769. The van der Waals surface area contributed by atoms with E-state index in [0.29, 0.717) is 31.1 Å². The maximum atomic E-state index is 12.4. The Hall–Kier alpha value is -2.28. The van der Waals surface area contributed by atoms with Crippen molar-refractivity contribution < 1.29 is 9.53 Å². The van der Waals surface area contributed by atoms with E-state index in [1.54, 1.807) is 18.0 Å². The molecule has 0 aliphatic carbocycles. The van der Waals surface area contributed by atoms with Crippen LogP contribution in [0.15, 0.2) is 64.5 Å². The normalized spacial score (nSPS) is 15.9. The second-order valence-corrected chi connectivity index (χ2v) is 8.64. The lowest BCUT2D eigenvalue weighted by Crippen LogP contribution is -2.45. The van der Waals surface area contributed by atoms with Crippen LogP contribution in [-0.2, 0) is 22.0 Å². The molecule has 1 fully saturated rings. The molecular formula is C22H22ClN3O2S. The van der Waals surface area contributed by atoms with Crippen LogP contribution in [-0.4, -0.2) is 28.9 Å². The Morgan fingerprint density at radius 1 is 1.17 bits per heavy atom. The molecule has 0 spiro atoms. The molecule has 1 aliphatic rings. The lowest BCUT2D eigenvalue weighted by atomic mass is 9.73. The van der Waals surface area contributed by atoms with Crippen LogP contribution in [0.5, 0.6) is 0 Å². The van der Waals surface area contributed by atoms with Crippen molar-refractivity contribution in [3.8, 4) is 11.3 Å². The molecular weight excluding hydrogens is 406 g/mol. The van der Waals surface area contributed by atoms with Gasteiger partial charge in [-0.05, 0) is 48.2 Å². The van der Waals surface area contributed by atoms with Crippen molar-refractivity contribution in [1.82, 2.24) is 9.78 Å². The van der Waals surface area contributed by atoms with Crippen LogP contribution in [0.2, 0.25) is 5.02 Å². The number of hydrogen-bond donors (Lipinski definition) is 1. The minimum Gasteiger partial charge on any atom is -0.381 e. The molecule has 29 heavy (non-hydrogen) atoms. The summed E-state index contributed by atoms with van der Waals surface area (Å²) in [5.41, 5.74) is 8.00. The smallest absolute Gasteiger partial charge is 0.228 e. The van der Waals surface area contributed by atoms with Gasteiger partial charge in [0, 0.05) is 36.2 Å². The van der Waals surface area contributed by atoms with Crippen molar-refractivity contribution in [3.63, 3.8) is 0 Å². The first-order chi connectivity index (χ1) is 14.0.